The number of hydrogen-bond donors (Lipinski definition) is 0. The Balaban J connectivity index is 2.44. The Morgan fingerprint density at radius 2 is 2.33 bits per heavy atom. The SMILES string of the molecule is CC1C=C2C(=O)OC(=O)N=C2S1. The number of ether oxygens (including phenoxy) is 1. The normalized spacial score (nSPS) is 27.6. The molecule has 1 atom stereocenters. The van der Waals surface area contributed by atoms with Crippen LogP contribution in [0.15, 0.2) is 16.6 Å². The molecule has 0 saturated carbocycles. The third kappa shape index (κ3) is 1.06. The van der Waals surface area contributed by atoms with Crippen molar-refractivity contribution >= 4 is 28.9 Å². The third-order valence-electron chi connectivity index (χ3n) is 1.52. The van der Waals surface area contributed by atoms with Crippen LogP contribution in [0, 0.1) is 0 Å². The first-order valence-corrected chi connectivity index (χ1v) is 4.28. The Labute approximate surface area is 72.7 Å². The maximum absolute atomic E-state index is 11.0. The molecule has 0 bridgehead atoms. The zero-order chi connectivity index (χ0) is 8.72. The molecule has 2 rings (SSSR count). The lowest BCUT2D eigenvalue weighted by Gasteiger charge is -2.06. The van der Waals surface area contributed by atoms with Crippen LogP contribution >= 0.6 is 11.8 Å². The molecule has 0 aliphatic carbocycles. The molecule has 0 fully saturated rings. The van der Waals surface area contributed by atoms with Gasteiger partial charge in [-0.3, -0.25) is 0 Å². The van der Waals surface area contributed by atoms with Gasteiger partial charge in [0.25, 0.3) is 0 Å². The number of esters is 1. The number of cyclic esters (lactones) is 2. The van der Waals surface area contributed by atoms with Crippen molar-refractivity contribution in [3.8, 4) is 0 Å². The Bertz CT molecular complexity index is 332. The number of carbonyl (C=O) groups excluding carboxylic acids is 2. The molecule has 0 N–H and O–H groups in total. The smallest absolute Gasteiger partial charge is 0.371 e. The summed E-state index contributed by atoms with van der Waals surface area (Å²) < 4.78 is 4.30. The van der Waals surface area contributed by atoms with E-state index in [-0.39, 0.29) is 5.25 Å². The third-order valence-corrected chi connectivity index (χ3v) is 2.56. The first-order valence-electron chi connectivity index (χ1n) is 3.40. The average molecular weight is 183 g/mol. The van der Waals surface area contributed by atoms with Crippen molar-refractivity contribution in [2.45, 2.75) is 12.2 Å². The highest BCUT2D eigenvalue weighted by Gasteiger charge is 2.32. The van der Waals surface area contributed by atoms with E-state index in [0.29, 0.717) is 10.6 Å². The van der Waals surface area contributed by atoms with Gasteiger partial charge >= 0.3 is 12.1 Å². The van der Waals surface area contributed by atoms with Gasteiger partial charge in [-0.25, -0.2) is 9.59 Å². The van der Waals surface area contributed by atoms with E-state index >= 15 is 0 Å². The van der Waals surface area contributed by atoms with Gasteiger partial charge < -0.3 is 4.74 Å². The van der Waals surface area contributed by atoms with E-state index in [4.69, 9.17) is 0 Å². The second kappa shape index (κ2) is 2.45. The van der Waals surface area contributed by atoms with Gasteiger partial charge in [-0.2, -0.15) is 4.99 Å². The van der Waals surface area contributed by atoms with Gasteiger partial charge in [0.1, 0.15) is 5.04 Å². The number of carbonyl (C=O) groups is 2. The van der Waals surface area contributed by atoms with Crippen LogP contribution in [0.3, 0.4) is 0 Å². The van der Waals surface area contributed by atoms with Crippen LogP contribution in [0.25, 0.3) is 0 Å². The van der Waals surface area contributed by atoms with Crippen molar-refractivity contribution in [2.24, 2.45) is 4.99 Å². The van der Waals surface area contributed by atoms with Crippen molar-refractivity contribution in [3.05, 3.63) is 11.6 Å². The minimum Gasteiger partial charge on any atom is -0.371 e. The van der Waals surface area contributed by atoms with Crippen molar-refractivity contribution in [1.82, 2.24) is 0 Å². The number of aliphatic imine (C=N–C) groups is 1. The molecule has 5 heteroatoms. The van der Waals surface area contributed by atoms with Crippen LogP contribution in [0.4, 0.5) is 4.79 Å². The van der Waals surface area contributed by atoms with E-state index < -0.39 is 12.1 Å². The molecule has 62 valence electrons. The zero-order valence-corrected chi connectivity index (χ0v) is 7.05. The van der Waals surface area contributed by atoms with E-state index in [1.54, 1.807) is 6.08 Å². The second-order valence-electron chi connectivity index (χ2n) is 2.48. The molecular formula is C7H5NO3S. The molecule has 1 amide bonds. The Kier molecular flexibility index (Phi) is 1.54. The van der Waals surface area contributed by atoms with Crippen molar-refractivity contribution < 1.29 is 14.3 Å². The summed E-state index contributed by atoms with van der Waals surface area (Å²) in [5.74, 6) is -0.582. The minimum atomic E-state index is -0.811. The second-order valence-corrected chi connectivity index (χ2v) is 3.84. The molecule has 4 nitrogen and oxygen atoms in total. The van der Waals surface area contributed by atoms with Gasteiger partial charge in [0.15, 0.2) is 0 Å². The summed E-state index contributed by atoms with van der Waals surface area (Å²) in [5.41, 5.74) is 0.423. The van der Waals surface area contributed by atoms with Gasteiger partial charge in [-0.15, -0.1) is 0 Å². The lowest BCUT2D eigenvalue weighted by molar-refractivity contribution is -0.132. The molecule has 2 aliphatic rings. The maximum atomic E-state index is 11.0. The van der Waals surface area contributed by atoms with E-state index in [1.165, 1.54) is 11.8 Å². The molecular weight excluding hydrogens is 178 g/mol. The summed E-state index contributed by atoms with van der Waals surface area (Å²) in [6.07, 6.45) is 0.937. The number of amides is 1. The topological polar surface area (TPSA) is 55.7 Å². The number of thioether (sulfide) groups is 1. The highest BCUT2D eigenvalue weighted by Crippen LogP contribution is 2.31. The van der Waals surface area contributed by atoms with Gasteiger partial charge in [-0.05, 0) is 6.92 Å². The quantitative estimate of drug-likeness (QED) is 0.417. The fourth-order valence-electron chi connectivity index (χ4n) is 1.06. The maximum Gasteiger partial charge on any atom is 0.442 e. The fraction of sp³-hybridized carbons (Fsp3) is 0.286. The summed E-state index contributed by atoms with van der Waals surface area (Å²) in [4.78, 5) is 25.3. The first-order chi connectivity index (χ1) is 5.66. The van der Waals surface area contributed by atoms with Gasteiger partial charge in [0.2, 0.25) is 0 Å². The monoisotopic (exact) mass is 183 g/mol. The molecule has 0 saturated heterocycles. The van der Waals surface area contributed by atoms with Crippen LogP contribution in [-0.4, -0.2) is 22.4 Å². The van der Waals surface area contributed by atoms with E-state index in [2.05, 4.69) is 9.73 Å². The van der Waals surface area contributed by atoms with Gasteiger partial charge in [-0.1, -0.05) is 17.8 Å². The first kappa shape index (κ1) is 7.54. The number of hydrogen-bond acceptors (Lipinski definition) is 4. The summed E-state index contributed by atoms with van der Waals surface area (Å²) >= 11 is 1.39. The standard InChI is InChI=1S/C7H5NO3S/c1-3-2-4-5(12-3)8-7(10)11-6(4)9/h2-3H,1H3. The van der Waals surface area contributed by atoms with E-state index in [0.717, 1.165) is 0 Å². The number of rotatable bonds is 0. The van der Waals surface area contributed by atoms with Crippen LogP contribution in [0.1, 0.15) is 6.92 Å². The Morgan fingerprint density at radius 3 is 3.08 bits per heavy atom. The van der Waals surface area contributed by atoms with Gasteiger partial charge in [0.05, 0.1) is 5.57 Å². The number of fused-ring (bicyclic) bond motifs is 1. The predicted octanol–water partition coefficient (Wildman–Crippen LogP) is 1.12. The molecule has 2 aliphatic heterocycles. The molecule has 0 spiro atoms. The van der Waals surface area contributed by atoms with Crippen molar-refractivity contribution in [2.75, 3.05) is 0 Å². The average Bonchev–Trinajstić information content (AvgIpc) is 2.29. The molecule has 0 radical (unpaired) electrons. The van der Waals surface area contributed by atoms with Crippen LogP contribution in [-0.2, 0) is 9.53 Å². The summed E-state index contributed by atoms with van der Waals surface area (Å²) in [5, 5.41) is 0.681. The highest BCUT2D eigenvalue weighted by atomic mass is 32.2. The van der Waals surface area contributed by atoms with Crippen LogP contribution in [0.2, 0.25) is 0 Å². The summed E-state index contributed by atoms with van der Waals surface area (Å²) in [7, 11) is 0. The highest BCUT2D eigenvalue weighted by molar-refractivity contribution is 8.15. The van der Waals surface area contributed by atoms with E-state index in [9.17, 15) is 9.59 Å². The molecule has 2 heterocycles. The van der Waals surface area contributed by atoms with Crippen molar-refractivity contribution in [3.63, 3.8) is 0 Å². The largest absolute Gasteiger partial charge is 0.442 e. The van der Waals surface area contributed by atoms with Gasteiger partial charge in [0, 0.05) is 5.25 Å². The molecule has 0 aromatic rings. The molecule has 12 heavy (non-hydrogen) atoms. The van der Waals surface area contributed by atoms with Crippen molar-refractivity contribution in [1.29, 1.82) is 0 Å². The Morgan fingerprint density at radius 1 is 1.58 bits per heavy atom. The number of nitrogens with zero attached hydrogens (tertiary/aromatic N) is 1. The molecule has 1 unspecified atom stereocenters. The lowest BCUT2D eigenvalue weighted by atomic mass is 10.2. The molecule has 0 aromatic heterocycles. The van der Waals surface area contributed by atoms with Crippen LogP contribution in [0.5, 0.6) is 0 Å². The molecule has 0 aromatic carbocycles. The summed E-state index contributed by atoms with van der Waals surface area (Å²) in [6, 6.07) is 0. The fourth-order valence-corrected chi connectivity index (χ4v) is 2.02. The minimum absolute atomic E-state index is 0.192. The van der Waals surface area contributed by atoms with Crippen LogP contribution < -0.4 is 0 Å². The van der Waals surface area contributed by atoms with E-state index in [1.807, 2.05) is 6.92 Å². The zero-order valence-electron chi connectivity index (χ0n) is 6.23. The predicted molar refractivity (Wildman–Crippen MR) is 44.1 cm³/mol. The lowest BCUT2D eigenvalue weighted by Crippen LogP contribution is -2.20. The summed E-state index contributed by atoms with van der Waals surface area (Å²) in [6.45, 7) is 1.93. The Hall–Kier alpha value is -1.10.